The fourth-order valence-corrected chi connectivity index (χ4v) is 2.42. The van der Waals surface area contributed by atoms with E-state index in [4.69, 9.17) is 18.0 Å². The Morgan fingerprint density at radius 1 is 1.69 bits per heavy atom. The summed E-state index contributed by atoms with van der Waals surface area (Å²) in [5.41, 5.74) is 9.07. The molecule has 0 aromatic heterocycles. The highest BCUT2D eigenvalue weighted by Gasteiger charge is 2.41. The third-order valence-corrected chi connectivity index (χ3v) is 3.09. The van der Waals surface area contributed by atoms with Crippen LogP contribution in [0.15, 0.2) is 28.3 Å². The molecular formula is C11H10N4S. The zero-order valence-electron chi connectivity index (χ0n) is 8.77. The minimum absolute atomic E-state index is 0.0666. The topological polar surface area (TPSA) is 44.9 Å². The van der Waals surface area contributed by atoms with Crippen LogP contribution in [0, 0.1) is 11.8 Å². The Morgan fingerprint density at radius 2 is 2.50 bits per heavy atom. The summed E-state index contributed by atoms with van der Waals surface area (Å²) in [7, 11) is 0. The van der Waals surface area contributed by atoms with Crippen LogP contribution in [0.5, 0.6) is 0 Å². The molecule has 0 aromatic rings. The van der Waals surface area contributed by atoms with E-state index in [0.29, 0.717) is 5.11 Å². The molecule has 0 amide bonds. The molecule has 1 atom stereocenters. The van der Waals surface area contributed by atoms with E-state index in [1.54, 1.807) is 0 Å². The van der Waals surface area contributed by atoms with Crippen LogP contribution in [0.1, 0.15) is 13.3 Å². The standard InChI is InChI=1S/C11H10N4S/c1-2-3-8-10-9-4-7(15(10)6-13-8)5-14(9)11(12)16/h5-6,8H,4H2,1H3,(H2,12,16). The van der Waals surface area contributed by atoms with Crippen LogP contribution in [-0.2, 0) is 0 Å². The average Bonchev–Trinajstić information content (AvgIpc) is 2.87. The first-order valence-corrected chi connectivity index (χ1v) is 5.40. The maximum Gasteiger partial charge on any atom is 0.174 e. The smallest absolute Gasteiger partial charge is 0.174 e. The summed E-state index contributed by atoms with van der Waals surface area (Å²) in [5.74, 6) is 5.97. The lowest BCUT2D eigenvalue weighted by Gasteiger charge is -2.23. The van der Waals surface area contributed by atoms with E-state index in [0.717, 1.165) is 17.8 Å². The number of nitrogens with zero attached hydrogens (tertiary/aromatic N) is 3. The SMILES string of the molecule is CC#CC1N=CN2C3=CN(C(N)=S)C(=C12)C3. The maximum atomic E-state index is 5.67. The van der Waals surface area contributed by atoms with Gasteiger partial charge >= 0.3 is 0 Å². The molecule has 3 heterocycles. The highest BCUT2D eigenvalue weighted by atomic mass is 32.1. The molecule has 1 unspecified atom stereocenters. The van der Waals surface area contributed by atoms with E-state index in [-0.39, 0.29) is 6.04 Å². The predicted octanol–water partition coefficient (Wildman–Crippen LogP) is 0.738. The normalized spacial score (nSPS) is 24.6. The molecule has 80 valence electrons. The van der Waals surface area contributed by atoms with Crippen molar-refractivity contribution >= 4 is 23.7 Å². The van der Waals surface area contributed by atoms with Gasteiger partial charge in [0, 0.05) is 18.3 Å². The molecule has 0 aromatic carbocycles. The van der Waals surface area contributed by atoms with Gasteiger partial charge in [-0.3, -0.25) is 9.89 Å². The quantitative estimate of drug-likeness (QED) is 0.492. The van der Waals surface area contributed by atoms with Crippen LogP contribution in [0.2, 0.25) is 0 Å². The highest BCUT2D eigenvalue weighted by Crippen LogP contribution is 2.43. The van der Waals surface area contributed by atoms with Crippen molar-refractivity contribution in [1.29, 1.82) is 0 Å². The molecule has 3 aliphatic rings. The van der Waals surface area contributed by atoms with Crippen molar-refractivity contribution in [2.75, 3.05) is 0 Å². The number of thiocarbonyl (C=S) groups is 1. The molecule has 16 heavy (non-hydrogen) atoms. The Labute approximate surface area is 99.1 Å². The number of rotatable bonds is 0. The molecule has 3 rings (SSSR count). The van der Waals surface area contributed by atoms with Gasteiger partial charge in [-0.05, 0) is 19.1 Å². The van der Waals surface area contributed by atoms with Gasteiger partial charge in [-0.1, -0.05) is 5.92 Å². The number of hydrogen-bond donors (Lipinski definition) is 1. The first kappa shape index (κ1) is 9.43. The third-order valence-electron chi connectivity index (χ3n) is 2.89. The molecule has 0 radical (unpaired) electrons. The summed E-state index contributed by atoms with van der Waals surface area (Å²) in [4.78, 5) is 8.30. The Bertz CT molecular complexity index is 532. The molecule has 0 saturated heterocycles. The van der Waals surface area contributed by atoms with Crippen molar-refractivity contribution in [1.82, 2.24) is 9.80 Å². The Morgan fingerprint density at radius 3 is 3.19 bits per heavy atom. The maximum absolute atomic E-state index is 5.67. The van der Waals surface area contributed by atoms with Crippen LogP contribution >= 0.6 is 12.2 Å². The number of aliphatic imine (C=N–C) groups is 1. The van der Waals surface area contributed by atoms with Crippen molar-refractivity contribution in [3.05, 3.63) is 23.3 Å². The van der Waals surface area contributed by atoms with Crippen molar-refractivity contribution in [3.63, 3.8) is 0 Å². The number of hydrogen-bond acceptors (Lipinski definition) is 3. The van der Waals surface area contributed by atoms with Gasteiger partial charge in [0.25, 0.3) is 0 Å². The van der Waals surface area contributed by atoms with Gasteiger partial charge in [-0.15, -0.1) is 5.92 Å². The second-order valence-corrected chi connectivity index (χ2v) is 4.19. The molecule has 4 nitrogen and oxygen atoms in total. The molecule has 0 spiro atoms. The largest absolute Gasteiger partial charge is 0.376 e. The minimum Gasteiger partial charge on any atom is -0.376 e. The van der Waals surface area contributed by atoms with Crippen molar-refractivity contribution in [2.45, 2.75) is 19.4 Å². The fourth-order valence-electron chi connectivity index (χ4n) is 2.25. The summed E-state index contributed by atoms with van der Waals surface area (Å²) < 4.78 is 0. The summed E-state index contributed by atoms with van der Waals surface area (Å²) in [6, 6.07) is -0.0666. The second-order valence-electron chi connectivity index (χ2n) is 3.77. The van der Waals surface area contributed by atoms with Crippen LogP contribution in [-0.4, -0.2) is 27.3 Å². The summed E-state index contributed by atoms with van der Waals surface area (Å²) >= 11 is 5.01. The molecule has 3 aliphatic heterocycles. The van der Waals surface area contributed by atoms with Gasteiger partial charge in [0.15, 0.2) is 11.2 Å². The summed E-state index contributed by atoms with van der Waals surface area (Å²) in [6.07, 6.45) is 4.68. The lowest BCUT2D eigenvalue weighted by Crippen LogP contribution is -2.32. The van der Waals surface area contributed by atoms with Gasteiger partial charge in [0.1, 0.15) is 0 Å². The zero-order chi connectivity index (χ0) is 11.3. The molecule has 0 fully saturated rings. The van der Waals surface area contributed by atoms with Crippen LogP contribution < -0.4 is 5.73 Å². The summed E-state index contributed by atoms with van der Waals surface area (Å²) in [6.45, 7) is 1.82. The van der Waals surface area contributed by atoms with Crippen LogP contribution in [0.4, 0.5) is 0 Å². The minimum atomic E-state index is -0.0666. The molecule has 0 aliphatic carbocycles. The Kier molecular flexibility index (Phi) is 1.82. The van der Waals surface area contributed by atoms with E-state index < -0.39 is 0 Å². The van der Waals surface area contributed by atoms with Crippen molar-refractivity contribution in [3.8, 4) is 11.8 Å². The van der Waals surface area contributed by atoms with Gasteiger partial charge in [-0.2, -0.15) is 0 Å². The number of nitrogens with two attached hydrogens (primary N) is 1. The molecule has 2 bridgehead atoms. The van der Waals surface area contributed by atoms with Crippen LogP contribution in [0.3, 0.4) is 0 Å². The Balaban J connectivity index is 2.06. The number of fused-ring (bicyclic) bond motifs is 4. The van der Waals surface area contributed by atoms with Crippen LogP contribution in [0.25, 0.3) is 0 Å². The van der Waals surface area contributed by atoms with E-state index in [1.165, 1.54) is 5.70 Å². The van der Waals surface area contributed by atoms with Gasteiger partial charge < -0.3 is 10.6 Å². The summed E-state index contributed by atoms with van der Waals surface area (Å²) in [5, 5.41) is 0.382. The van der Waals surface area contributed by atoms with Crippen molar-refractivity contribution < 1.29 is 0 Å². The first-order valence-electron chi connectivity index (χ1n) is 4.99. The highest BCUT2D eigenvalue weighted by molar-refractivity contribution is 7.80. The van der Waals surface area contributed by atoms with E-state index >= 15 is 0 Å². The average molecular weight is 230 g/mol. The lowest BCUT2D eigenvalue weighted by molar-refractivity contribution is 0.602. The first-order chi connectivity index (χ1) is 7.72. The molecule has 0 saturated carbocycles. The second kappa shape index (κ2) is 3.09. The van der Waals surface area contributed by atoms with Gasteiger partial charge in [0.05, 0.1) is 17.7 Å². The predicted molar refractivity (Wildman–Crippen MR) is 65.9 cm³/mol. The molecule has 2 N–H and O–H groups in total. The Hall–Kier alpha value is -1.80. The van der Waals surface area contributed by atoms with E-state index in [2.05, 4.69) is 21.7 Å². The fraction of sp³-hybridized carbons (Fsp3) is 0.273. The van der Waals surface area contributed by atoms with Crippen molar-refractivity contribution in [2.24, 2.45) is 10.7 Å². The lowest BCUT2D eigenvalue weighted by atomic mass is 10.2. The zero-order valence-corrected chi connectivity index (χ0v) is 9.58. The molecule has 5 heteroatoms. The van der Waals surface area contributed by atoms with Gasteiger partial charge in [0.2, 0.25) is 0 Å². The monoisotopic (exact) mass is 230 g/mol. The third kappa shape index (κ3) is 1.05. The van der Waals surface area contributed by atoms with E-state index in [1.807, 2.05) is 24.4 Å². The van der Waals surface area contributed by atoms with E-state index in [9.17, 15) is 0 Å². The molecular weight excluding hydrogens is 220 g/mol. The van der Waals surface area contributed by atoms with Gasteiger partial charge in [-0.25, -0.2) is 0 Å².